The van der Waals surface area contributed by atoms with Crippen molar-refractivity contribution in [2.45, 2.75) is 44.4 Å². The number of halogens is 1. The molecule has 1 aliphatic carbocycles. The smallest absolute Gasteiger partial charge is 0.303 e. The van der Waals surface area contributed by atoms with E-state index in [-0.39, 0.29) is 17.8 Å². The maximum absolute atomic E-state index is 10.9. The SMILES string of the molecule is CC1(C)CCC(CC(=O)O)c2cc(Br)ccc21. The van der Waals surface area contributed by atoms with Gasteiger partial charge in [-0.2, -0.15) is 0 Å². The Bertz CT molecular complexity index is 452. The van der Waals surface area contributed by atoms with Crippen molar-refractivity contribution >= 4 is 21.9 Å². The molecule has 0 aromatic heterocycles. The summed E-state index contributed by atoms with van der Waals surface area (Å²) in [7, 11) is 0. The molecule has 0 saturated carbocycles. The molecule has 92 valence electrons. The summed E-state index contributed by atoms with van der Waals surface area (Å²) in [5.74, 6) is -0.548. The minimum Gasteiger partial charge on any atom is -0.481 e. The Balaban J connectivity index is 2.45. The molecule has 0 radical (unpaired) electrons. The van der Waals surface area contributed by atoms with Crippen molar-refractivity contribution in [2.24, 2.45) is 0 Å². The lowest BCUT2D eigenvalue weighted by atomic mass is 9.68. The van der Waals surface area contributed by atoms with Gasteiger partial charge < -0.3 is 5.11 Å². The van der Waals surface area contributed by atoms with E-state index in [9.17, 15) is 4.79 Å². The lowest BCUT2D eigenvalue weighted by molar-refractivity contribution is -0.137. The number of carbonyl (C=O) groups is 1. The topological polar surface area (TPSA) is 37.3 Å². The number of rotatable bonds is 2. The molecular formula is C14H17BrO2. The van der Waals surface area contributed by atoms with E-state index in [1.165, 1.54) is 11.1 Å². The van der Waals surface area contributed by atoms with Crippen LogP contribution in [0.2, 0.25) is 0 Å². The van der Waals surface area contributed by atoms with Crippen molar-refractivity contribution < 1.29 is 9.90 Å². The number of hydrogen-bond acceptors (Lipinski definition) is 1. The molecule has 0 amide bonds. The van der Waals surface area contributed by atoms with Crippen LogP contribution in [0.5, 0.6) is 0 Å². The van der Waals surface area contributed by atoms with Crippen molar-refractivity contribution in [3.63, 3.8) is 0 Å². The molecule has 0 aliphatic heterocycles. The monoisotopic (exact) mass is 296 g/mol. The number of carboxylic acid groups (broad SMARTS) is 1. The van der Waals surface area contributed by atoms with Gasteiger partial charge in [0.25, 0.3) is 0 Å². The standard InChI is InChI=1S/C14H17BrO2/c1-14(2)6-5-9(7-13(16)17)11-8-10(15)3-4-12(11)14/h3-4,8-9H,5-7H2,1-2H3,(H,16,17). The summed E-state index contributed by atoms with van der Waals surface area (Å²) >= 11 is 3.47. The Morgan fingerprint density at radius 2 is 2.24 bits per heavy atom. The Morgan fingerprint density at radius 3 is 2.88 bits per heavy atom. The van der Waals surface area contributed by atoms with Gasteiger partial charge in [0, 0.05) is 4.47 Å². The molecule has 1 aromatic carbocycles. The van der Waals surface area contributed by atoms with Crippen LogP contribution in [0.3, 0.4) is 0 Å². The van der Waals surface area contributed by atoms with E-state index in [0.717, 1.165) is 17.3 Å². The van der Waals surface area contributed by atoms with Gasteiger partial charge in [0.2, 0.25) is 0 Å². The van der Waals surface area contributed by atoms with Crippen LogP contribution in [-0.4, -0.2) is 11.1 Å². The second-order valence-electron chi connectivity index (χ2n) is 5.45. The number of benzene rings is 1. The normalized spacial score (nSPS) is 21.9. The third-order valence-corrected chi connectivity index (χ3v) is 4.21. The van der Waals surface area contributed by atoms with Crippen molar-refractivity contribution in [2.75, 3.05) is 0 Å². The van der Waals surface area contributed by atoms with Crippen LogP contribution in [0.1, 0.15) is 50.2 Å². The van der Waals surface area contributed by atoms with Gasteiger partial charge in [0.1, 0.15) is 0 Å². The van der Waals surface area contributed by atoms with Crippen LogP contribution in [0.4, 0.5) is 0 Å². The second-order valence-corrected chi connectivity index (χ2v) is 6.36. The quantitative estimate of drug-likeness (QED) is 0.893. The fourth-order valence-corrected chi connectivity index (χ4v) is 3.11. The van der Waals surface area contributed by atoms with E-state index in [0.29, 0.717) is 0 Å². The van der Waals surface area contributed by atoms with Crippen LogP contribution in [0, 0.1) is 0 Å². The molecule has 0 heterocycles. The fourth-order valence-electron chi connectivity index (χ4n) is 2.74. The van der Waals surface area contributed by atoms with Crippen molar-refractivity contribution in [1.82, 2.24) is 0 Å². The number of carboxylic acids is 1. The molecule has 1 aliphatic rings. The number of hydrogen-bond donors (Lipinski definition) is 1. The summed E-state index contributed by atoms with van der Waals surface area (Å²) in [4.78, 5) is 10.9. The van der Waals surface area contributed by atoms with Crippen LogP contribution in [-0.2, 0) is 10.2 Å². The molecule has 17 heavy (non-hydrogen) atoms. The minimum atomic E-state index is -0.708. The fraction of sp³-hybridized carbons (Fsp3) is 0.500. The summed E-state index contributed by atoms with van der Waals surface area (Å²) in [6, 6.07) is 6.26. The average Bonchev–Trinajstić information content (AvgIpc) is 2.22. The lowest BCUT2D eigenvalue weighted by Crippen LogP contribution is -2.27. The summed E-state index contributed by atoms with van der Waals surface area (Å²) in [6.07, 6.45) is 2.25. The first-order valence-corrected chi connectivity index (χ1v) is 6.71. The van der Waals surface area contributed by atoms with Crippen LogP contribution in [0.25, 0.3) is 0 Å². The van der Waals surface area contributed by atoms with Gasteiger partial charge in [0.15, 0.2) is 0 Å². The molecule has 1 unspecified atom stereocenters. The molecule has 1 aromatic rings. The highest BCUT2D eigenvalue weighted by Crippen LogP contribution is 2.44. The maximum atomic E-state index is 10.9. The first-order chi connectivity index (χ1) is 7.90. The molecule has 0 fully saturated rings. The summed E-state index contributed by atoms with van der Waals surface area (Å²) < 4.78 is 1.03. The predicted octanol–water partition coefficient (Wildman–Crippen LogP) is 4.08. The zero-order chi connectivity index (χ0) is 12.6. The summed E-state index contributed by atoms with van der Waals surface area (Å²) in [5.41, 5.74) is 2.67. The highest BCUT2D eigenvalue weighted by molar-refractivity contribution is 9.10. The average molecular weight is 297 g/mol. The molecule has 1 N–H and O–H groups in total. The molecular weight excluding hydrogens is 280 g/mol. The Hall–Kier alpha value is -0.830. The van der Waals surface area contributed by atoms with E-state index in [2.05, 4.69) is 41.9 Å². The van der Waals surface area contributed by atoms with Crippen molar-refractivity contribution in [3.05, 3.63) is 33.8 Å². The molecule has 0 spiro atoms. The van der Waals surface area contributed by atoms with Crippen molar-refractivity contribution in [3.8, 4) is 0 Å². The van der Waals surface area contributed by atoms with E-state index >= 15 is 0 Å². The van der Waals surface area contributed by atoms with Crippen molar-refractivity contribution in [1.29, 1.82) is 0 Å². The zero-order valence-electron chi connectivity index (χ0n) is 10.2. The van der Waals surface area contributed by atoms with Gasteiger partial charge in [-0.3, -0.25) is 4.79 Å². The third-order valence-electron chi connectivity index (χ3n) is 3.72. The molecule has 0 saturated heterocycles. The maximum Gasteiger partial charge on any atom is 0.303 e. The zero-order valence-corrected chi connectivity index (χ0v) is 11.8. The largest absolute Gasteiger partial charge is 0.481 e. The van der Waals surface area contributed by atoms with E-state index in [1.54, 1.807) is 0 Å². The van der Waals surface area contributed by atoms with Crippen LogP contribution >= 0.6 is 15.9 Å². The number of aliphatic carboxylic acids is 1. The third kappa shape index (κ3) is 2.54. The molecule has 2 rings (SSSR count). The molecule has 1 atom stereocenters. The van der Waals surface area contributed by atoms with Gasteiger partial charge in [-0.05, 0) is 47.4 Å². The van der Waals surface area contributed by atoms with Gasteiger partial charge in [0.05, 0.1) is 6.42 Å². The van der Waals surface area contributed by atoms with E-state index in [4.69, 9.17) is 5.11 Å². The highest BCUT2D eigenvalue weighted by Gasteiger charge is 2.33. The first kappa shape index (κ1) is 12.6. The Labute approximate surface area is 110 Å². The van der Waals surface area contributed by atoms with Gasteiger partial charge in [-0.25, -0.2) is 0 Å². The summed E-state index contributed by atoms with van der Waals surface area (Å²) in [5, 5.41) is 8.98. The van der Waals surface area contributed by atoms with E-state index in [1.807, 2.05) is 6.07 Å². The predicted molar refractivity (Wildman–Crippen MR) is 71.4 cm³/mol. The molecule has 0 bridgehead atoms. The highest BCUT2D eigenvalue weighted by atomic mass is 79.9. The second kappa shape index (κ2) is 4.45. The first-order valence-electron chi connectivity index (χ1n) is 5.92. The summed E-state index contributed by atoms with van der Waals surface area (Å²) in [6.45, 7) is 4.47. The molecule has 2 nitrogen and oxygen atoms in total. The Kier molecular flexibility index (Phi) is 3.30. The number of fused-ring (bicyclic) bond motifs is 1. The van der Waals surface area contributed by atoms with E-state index < -0.39 is 5.97 Å². The lowest BCUT2D eigenvalue weighted by Gasteiger charge is -2.36. The van der Waals surface area contributed by atoms with Gasteiger partial charge in [-0.1, -0.05) is 35.8 Å². The van der Waals surface area contributed by atoms with Crippen LogP contribution < -0.4 is 0 Å². The van der Waals surface area contributed by atoms with Gasteiger partial charge >= 0.3 is 5.97 Å². The minimum absolute atomic E-state index is 0.158. The van der Waals surface area contributed by atoms with Crippen LogP contribution in [0.15, 0.2) is 22.7 Å². The Morgan fingerprint density at radius 1 is 1.53 bits per heavy atom. The molecule has 3 heteroatoms. The van der Waals surface area contributed by atoms with Gasteiger partial charge in [-0.15, -0.1) is 0 Å².